The normalized spacial score (nSPS) is 18.9. The highest BCUT2D eigenvalue weighted by atomic mass is 32.2. The van der Waals surface area contributed by atoms with E-state index < -0.39 is 18.1 Å². The Morgan fingerprint density at radius 3 is 2.78 bits per heavy atom. The van der Waals surface area contributed by atoms with E-state index in [-0.39, 0.29) is 12.1 Å². The Morgan fingerprint density at radius 1 is 1.48 bits per heavy atom. The summed E-state index contributed by atoms with van der Waals surface area (Å²) >= 11 is 1.46. The van der Waals surface area contributed by atoms with Crippen LogP contribution in [0.15, 0.2) is 36.4 Å². The molecule has 0 aliphatic carbocycles. The number of nitrogens with one attached hydrogen (secondary N) is 1. The van der Waals surface area contributed by atoms with Gasteiger partial charge in [-0.25, -0.2) is 5.01 Å². The van der Waals surface area contributed by atoms with E-state index in [9.17, 15) is 18.0 Å². The Balaban J connectivity index is 2.25. The number of alkyl halides is 3. The molecule has 0 saturated heterocycles. The number of amides is 1. The van der Waals surface area contributed by atoms with Crippen LogP contribution in [0, 0.1) is 0 Å². The Morgan fingerprint density at radius 2 is 2.22 bits per heavy atom. The maximum atomic E-state index is 13.4. The minimum atomic E-state index is -4.51. The number of hydrazine groups is 1. The van der Waals surface area contributed by atoms with Crippen LogP contribution in [0.25, 0.3) is 0 Å². The summed E-state index contributed by atoms with van der Waals surface area (Å²) in [5.74, 6) is 0.124. The minimum Gasteiger partial charge on any atom is -0.326 e. The fraction of sp³-hybridized carbons (Fsp3) is 0.429. The van der Waals surface area contributed by atoms with Crippen LogP contribution < -0.4 is 10.3 Å². The number of nitrogens with zero attached hydrogens (tertiary/aromatic N) is 3. The van der Waals surface area contributed by atoms with Gasteiger partial charge in [-0.2, -0.15) is 24.9 Å². The van der Waals surface area contributed by atoms with Crippen LogP contribution in [-0.2, 0) is 4.79 Å². The van der Waals surface area contributed by atoms with E-state index in [2.05, 4.69) is 10.3 Å². The number of hydrogen-bond acceptors (Lipinski definition) is 5. The number of carbonyl (C=O) groups is 1. The van der Waals surface area contributed by atoms with Crippen LogP contribution in [0.2, 0.25) is 0 Å². The second kappa shape index (κ2) is 7.22. The van der Waals surface area contributed by atoms with Gasteiger partial charge in [0.1, 0.15) is 0 Å². The lowest BCUT2D eigenvalue weighted by atomic mass is 10.2. The lowest BCUT2D eigenvalue weighted by molar-refractivity contribution is -0.168. The van der Waals surface area contributed by atoms with E-state index in [4.69, 9.17) is 0 Å². The number of anilines is 1. The van der Waals surface area contributed by atoms with Crippen molar-refractivity contribution >= 4 is 23.4 Å². The molecule has 2 rings (SSSR count). The van der Waals surface area contributed by atoms with E-state index >= 15 is 0 Å². The maximum absolute atomic E-state index is 13.4. The Bertz CT molecular complexity index is 579. The molecule has 1 aliphatic heterocycles. The molecule has 1 amide bonds. The van der Waals surface area contributed by atoms with Gasteiger partial charge in [-0.05, 0) is 18.4 Å². The number of hydrogen-bond donors (Lipinski definition) is 1. The average Bonchev–Trinajstić information content (AvgIpc) is 2.82. The highest BCUT2D eigenvalue weighted by molar-refractivity contribution is 7.98. The van der Waals surface area contributed by atoms with Crippen molar-refractivity contribution in [2.45, 2.75) is 18.6 Å². The van der Waals surface area contributed by atoms with Gasteiger partial charge >= 0.3 is 6.18 Å². The molecular formula is C14H17F3N4OS. The Kier molecular flexibility index (Phi) is 5.53. The van der Waals surface area contributed by atoms with Crippen molar-refractivity contribution in [2.24, 2.45) is 0 Å². The highest BCUT2D eigenvalue weighted by Crippen LogP contribution is 2.35. The lowest BCUT2D eigenvalue weighted by Crippen LogP contribution is -2.49. The van der Waals surface area contributed by atoms with Gasteiger partial charge in [0.2, 0.25) is 5.91 Å². The summed E-state index contributed by atoms with van der Waals surface area (Å²) in [5.41, 5.74) is 0.299. The first kappa shape index (κ1) is 17.6. The van der Waals surface area contributed by atoms with Crippen LogP contribution in [0.1, 0.15) is 6.42 Å². The topological polar surface area (TPSA) is 48.5 Å². The second-order valence-corrected chi connectivity index (χ2v) is 5.93. The standard InChI is InChI=1S/C14H17F3N4OS/c1-20-13(14(15,16)17)11(19-12(22)5-7-23-2)9-21(20)10-4-3-6-18-8-10/h3-4,6,8-9,13H,5,7H2,1-2H3,(H,19,22). The SMILES string of the molecule is CSCCC(=O)NC1=CN(c2cccnc2)N(C)C1C(F)(F)F. The predicted molar refractivity (Wildman–Crippen MR) is 83.5 cm³/mol. The van der Waals surface area contributed by atoms with Gasteiger partial charge in [-0.3, -0.25) is 14.8 Å². The molecule has 5 nitrogen and oxygen atoms in total. The molecule has 1 aliphatic rings. The third-order valence-electron chi connectivity index (χ3n) is 3.31. The molecule has 1 aromatic heterocycles. The molecule has 23 heavy (non-hydrogen) atoms. The summed E-state index contributed by atoms with van der Waals surface area (Å²) in [7, 11) is 1.32. The Labute approximate surface area is 136 Å². The second-order valence-electron chi connectivity index (χ2n) is 4.95. The largest absolute Gasteiger partial charge is 0.411 e. The van der Waals surface area contributed by atoms with Gasteiger partial charge in [0.25, 0.3) is 0 Å². The van der Waals surface area contributed by atoms with Gasteiger partial charge in [-0.15, -0.1) is 0 Å². The van der Waals surface area contributed by atoms with E-state index in [1.807, 2.05) is 6.26 Å². The summed E-state index contributed by atoms with van der Waals surface area (Å²) in [6.07, 6.45) is 1.77. The molecule has 1 unspecified atom stereocenters. The number of halogens is 3. The number of rotatable bonds is 5. The van der Waals surface area contributed by atoms with Crippen molar-refractivity contribution in [2.75, 3.05) is 24.1 Å². The van der Waals surface area contributed by atoms with Crippen LogP contribution in [-0.4, -0.2) is 47.2 Å². The summed E-state index contributed by atoms with van der Waals surface area (Å²) < 4.78 is 40.1. The van der Waals surface area contributed by atoms with E-state index in [0.717, 1.165) is 5.01 Å². The molecule has 0 fully saturated rings. The highest BCUT2D eigenvalue weighted by Gasteiger charge is 2.50. The third kappa shape index (κ3) is 4.17. The molecule has 2 heterocycles. The van der Waals surface area contributed by atoms with Gasteiger partial charge in [0.05, 0.1) is 17.6 Å². The molecule has 0 aromatic carbocycles. The maximum Gasteiger partial charge on any atom is 0.411 e. The van der Waals surface area contributed by atoms with Crippen molar-refractivity contribution in [3.8, 4) is 0 Å². The quantitative estimate of drug-likeness (QED) is 0.887. The van der Waals surface area contributed by atoms with E-state index in [1.54, 1.807) is 12.1 Å². The van der Waals surface area contributed by atoms with Crippen molar-refractivity contribution in [3.05, 3.63) is 36.4 Å². The number of thioether (sulfide) groups is 1. The molecular weight excluding hydrogens is 329 g/mol. The number of carbonyl (C=O) groups excluding carboxylic acids is 1. The van der Waals surface area contributed by atoms with Crippen LogP contribution in [0.5, 0.6) is 0 Å². The summed E-state index contributed by atoms with van der Waals surface area (Å²) in [6.45, 7) is 0. The van der Waals surface area contributed by atoms with Gasteiger partial charge in [0, 0.05) is 31.6 Å². The van der Waals surface area contributed by atoms with Crippen molar-refractivity contribution in [3.63, 3.8) is 0 Å². The molecule has 0 bridgehead atoms. The van der Waals surface area contributed by atoms with Crippen LogP contribution in [0.4, 0.5) is 18.9 Å². The monoisotopic (exact) mass is 346 g/mol. The van der Waals surface area contributed by atoms with Crippen LogP contribution in [0.3, 0.4) is 0 Å². The number of pyridine rings is 1. The zero-order chi connectivity index (χ0) is 17.0. The summed E-state index contributed by atoms with van der Waals surface area (Å²) in [5, 5.41) is 4.74. The van der Waals surface area contributed by atoms with E-state index in [1.165, 1.54) is 42.4 Å². The van der Waals surface area contributed by atoms with E-state index in [0.29, 0.717) is 11.4 Å². The first-order chi connectivity index (χ1) is 10.8. The smallest absolute Gasteiger partial charge is 0.326 e. The van der Waals surface area contributed by atoms with Crippen molar-refractivity contribution in [1.82, 2.24) is 15.3 Å². The van der Waals surface area contributed by atoms with Gasteiger partial charge in [0.15, 0.2) is 6.04 Å². The molecule has 0 spiro atoms. The van der Waals surface area contributed by atoms with Crippen molar-refractivity contribution < 1.29 is 18.0 Å². The van der Waals surface area contributed by atoms with Gasteiger partial charge < -0.3 is 5.32 Å². The number of aromatic nitrogens is 1. The minimum absolute atomic E-state index is 0.166. The lowest BCUT2D eigenvalue weighted by Gasteiger charge is -2.31. The first-order valence-corrected chi connectivity index (χ1v) is 8.23. The Hall–Kier alpha value is -1.74. The predicted octanol–water partition coefficient (Wildman–Crippen LogP) is 2.39. The third-order valence-corrected chi connectivity index (χ3v) is 3.92. The molecule has 1 N–H and O–H groups in total. The first-order valence-electron chi connectivity index (χ1n) is 6.84. The average molecular weight is 346 g/mol. The molecule has 1 atom stereocenters. The summed E-state index contributed by atoms with van der Waals surface area (Å²) in [4.78, 5) is 15.7. The number of likely N-dealkylation sites (N-methyl/N-ethyl adjacent to an activating group) is 1. The molecule has 0 saturated carbocycles. The molecule has 0 radical (unpaired) electrons. The molecule has 1 aromatic rings. The van der Waals surface area contributed by atoms with Crippen molar-refractivity contribution in [1.29, 1.82) is 0 Å². The molecule has 126 valence electrons. The fourth-order valence-electron chi connectivity index (χ4n) is 2.27. The fourth-order valence-corrected chi connectivity index (χ4v) is 2.66. The zero-order valence-corrected chi connectivity index (χ0v) is 13.5. The van der Waals surface area contributed by atoms with Crippen LogP contribution >= 0.6 is 11.8 Å². The summed E-state index contributed by atoms with van der Waals surface area (Å²) in [6, 6.07) is 1.38. The van der Waals surface area contributed by atoms with Gasteiger partial charge in [-0.1, -0.05) is 0 Å². The zero-order valence-electron chi connectivity index (χ0n) is 12.7. The molecule has 9 heteroatoms.